The fourth-order valence-electron chi connectivity index (χ4n) is 2.92. The number of anilines is 2. The molecule has 144 valence electrons. The number of hydrogen-bond donors (Lipinski definition) is 1. The van der Waals surface area contributed by atoms with Gasteiger partial charge in [0, 0.05) is 13.0 Å². The summed E-state index contributed by atoms with van der Waals surface area (Å²) in [5, 5.41) is 24.5. The van der Waals surface area contributed by atoms with Crippen LogP contribution in [0.1, 0.15) is 25.7 Å². The number of carbonyl (C=O) groups excluding carboxylic acids is 2. The SMILES string of the molecule is O=C1c2ccccc2C(=O)N1CCc1nnc(Nc2nnc(-c3cccs3)s2)s1. The van der Waals surface area contributed by atoms with Crippen molar-refractivity contribution in [1.82, 2.24) is 25.3 Å². The van der Waals surface area contributed by atoms with Gasteiger partial charge in [0.2, 0.25) is 10.3 Å². The number of hydrogen-bond acceptors (Lipinski definition) is 10. The van der Waals surface area contributed by atoms with Crippen molar-refractivity contribution in [3.05, 3.63) is 57.9 Å². The van der Waals surface area contributed by atoms with Gasteiger partial charge in [-0.25, -0.2) is 0 Å². The summed E-state index contributed by atoms with van der Waals surface area (Å²) in [6.45, 7) is 0.266. The third-order valence-electron chi connectivity index (χ3n) is 4.27. The summed E-state index contributed by atoms with van der Waals surface area (Å²) in [6.07, 6.45) is 0.446. The normalized spacial score (nSPS) is 13.2. The lowest BCUT2D eigenvalue weighted by Gasteiger charge is -2.11. The molecule has 0 atom stereocenters. The lowest BCUT2D eigenvalue weighted by molar-refractivity contribution is 0.0656. The van der Waals surface area contributed by atoms with E-state index in [1.54, 1.807) is 35.6 Å². The quantitative estimate of drug-likeness (QED) is 0.456. The standard InChI is InChI=1S/C18H12N6O2S3/c25-15-10-4-1-2-5-11(10)16(26)24(15)8-7-13-20-22-17(28-13)19-18-23-21-14(29-18)12-6-3-9-27-12/h1-6,9H,7-8H2,(H,19,22,23). The van der Waals surface area contributed by atoms with Crippen molar-refractivity contribution in [2.45, 2.75) is 6.42 Å². The van der Waals surface area contributed by atoms with Crippen molar-refractivity contribution in [2.24, 2.45) is 0 Å². The van der Waals surface area contributed by atoms with E-state index >= 15 is 0 Å². The van der Waals surface area contributed by atoms with Crippen LogP contribution in [-0.4, -0.2) is 43.7 Å². The molecular weight excluding hydrogens is 428 g/mol. The highest BCUT2D eigenvalue weighted by atomic mass is 32.1. The molecule has 11 heteroatoms. The van der Waals surface area contributed by atoms with E-state index in [2.05, 4.69) is 25.7 Å². The topological polar surface area (TPSA) is 101 Å². The zero-order valence-corrected chi connectivity index (χ0v) is 17.2. The third kappa shape index (κ3) is 3.43. The fourth-order valence-corrected chi connectivity index (χ4v) is 5.25. The molecule has 0 bridgehead atoms. The molecule has 1 aliphatic rings. The molecular formula is C18H12N6O2S3. The highest BCUT2D eigenvalue weighted by Gasteiger charge is 2.34. The maximum Gasteiger partial charge on any atom is 0.261 e. The molecule has 29 heavy (non-hydrogen) atoms. The number of nitrogens with zero attached hydrogens (tertiary/aromatic N) is 5. The van der Waals surface area contributed by atoms with Crippen molar-refractivity contribution >= 4 is 56.1 Å². The van der Waals surface area contributed by atoms with Gasteiger partial charge >= 0.3 is 0 Å². The Morgan fingerprint density at radius 3 is 2.31 bits per heavy atom. The van der Waals surface area contributed by atoms with Crippen LogP contribution in [0.5, 0.6) is 0 Å². The molecule has 0 saturated carbocycles. The lowest BCUT2D eigenvalue weighted by atomic mass is 10.1. The number of imide groups is 1. The van der Waals surface area contributed by atoms with Gasteiger partial charge in [-0.15, -0.1) is 31.7 Å². The molecule has 0 spiro atoms. The van der Waals surface area contributed by atoms with Crippen LogP contribution in [-0.2, 0) is 6.42 Å². The molecule has 1 aromatic carbocycles. The van der Waals surface area contributed by atoms with Crippen molar-refractivity contribution < 1.29 is 9.59 Å². The number of nitrogens with one attached hydrogen (secondary N) is 1. The van der Waals surface area contributed by atoms with Gasteiger partial charge in [-0.2, -0.15) is 0 Å². The van der Waals surface area contributed by atoms with E-state index in [1.807, 2.05) is 17.5 Å². The van der Waals surface area contributed by atoms with Gasteiger partial charge in [-0.3, -0.25) is 14.5 Å². The molecule has 1 N–H and O–H groups in total. The molecule has 8 nitrogen and oxygen atoms in total. The Labute approximate surface area is 176 Å². The smallest absolute Gasteiger partial charge is 0.261 e. The Bertz CT molecular complexity index is 1160. The summed E-state index contributed by atoms with van der Waals surface area (Å²) in [4.78, 5) is 27.2. The Balaban J connectivity index is 1.23. The molecule has 5 rings (SSSR count). The van der Waals surface area contributed by atoms with Crippen LogP contribution in [0.25, 0.3) is 9.88 Å². The minimum Gasteiger partial charge on any atom is -0.305 e. The summed E-state index contributed by atoms with van der Waals surface area (Å²) in [5.74, 6) is -0.521. The molecule has 4 aromatic rings. The molecule has 0 unspecified atom stereocenters. The number of aromatic nitrogens is 4. The fraction of sp³-hybridized carbons (Fsp3) is 0.111. The van der Waals surface area contributed by atoms with E-state index in [1.165, 1.54) is 27.6 Å². The van der Waals surface area contributed by atoms with Crippen molar-refractivity contribution in [3.8, 4) is 9.88 Å². The minimum atomic E-state index is -0.261. The Hall–Kier alpha value is -3.02. The largest absolute Gasteiger partial charge is 0.305 e. The predicted octanol–water partition coefficient (Wildman–Crippen LogP) is 3.70. The zero-order chi connectivity index (χ0) is 19.8. The molecule has 0 aliphatic carbocycles. The molecule has 4 heterocycles. The number of benzene rings is 1. The van der Waals surface area contributed by atoms with Crippen LogP contribution in [0, 0.1) is 0 Å². The second-order valence-electron chi connectivity index (χ2n) is 6.07. The molecule has 2 amide bonds. The van der Waals surface area contributed by atoms with Gasteiger partial charge in [0.1, 0.15) is 5.01 Å². The van der Waals surface area contributed by atoms with Crippen LogP contribution in [0.15, 0.2) is 41.8 Å². The Kier molecular flexibility index (Phi) is 4.62. The van der Waals surface area contributed by atoms with E-state index in [4.69, 9.17) is 0 Å². The first-order chi connectivity index (χ1) is 14.2. The lowest BCUT2D eigenvalue weighted by Crippen LogP contribution is -2.31. The van der Waals surface area contributed by atoms with E-state index in [0.29, 0.717) is 27.8 Å². The highest BCUT2D eigenvalue weighted by Crippen LogP contribution is 2.32. The van der Waals surface area contributed by atoms with Gasteiger partial charge in [-0.1, -0.05) is 40.9 Å². The summed E-state index contributed by atoms with van der Waals surface area (Å²) in [7, 11) is 0. The molecule has 0 fully saturated rings. The van der Waals surface area contributed by atoms with Crippen LogP contribution in [0.2, 0.25) is 0 Å². The predicted molar refractivity (Wildman–Crippen MR) is 112 cm³/mol. The number of fused-ring (bicyclic) bond motifs is 1. The van der Waals surface area contributed by atoms with Crippen molar-refractivity contribution in [1.29, 1.82) is 0 Å². The average molecular weight is 441 g/mol. The van der Waals surface area contributed by atoms with Gasteiger partial charge in [0.05, 0.1) is 16.0 Å². The van der Waals surface area contributed by atoms with Crippen LogP contribution in [0.3, 0.4) is 0 Å². The zero-order valence-electron chi connectivity index (χ0n) is 14.7. The van der Waals surface area contributed by atoms with E-state index in [-0.39, 0.29) is 18.4 Å². The molecule has 0 radical (unpaired) electrons. The number of thiophene rings is 1. The first-order valence-corrected chi connectivity index (χ1v) is 11.1. The molecule has 1 aliphatic heterocycles. The molecule has 0 saturated heterocycles. The minimum absolute atomic E-state index is 0.261. The summed E-state index contributed by atoms with van der Waals surface area (Å²) in [6, 6.07) is 10.8. The second kappa shape index (κ2) is 7.43. The summed E-state index contributed by atoms with van der Waals surface area (Å²) < 4.78 is 0. The number of rotatable bonds is 6. The van der Waals surface area contributed by atoms with E-state index in [0.717, 1.165) is 14.9 Å². The van der Waals surface area contributed by atoms with Gasteiger partial charge in [0.25, 0.3) is 11.8 Å². The van der Waals surface area contributed by atoms with E-state index in [9.17, 15) is 9.59 Å². The number of carbonyl (C=O) groups is 2. The summed E-state index contributed by atoms with van der Waals surface area (Å²) in [5.41, 5.74) is 0.907. The van der Waals surface area contributed by atoms with Crippen LogP contribution in [0.4, 0.5) is 10.3 Å². The Morgan fingerprint density at radius 1 is 0.862 bits per heavy atom. The number of amides is 2. The van der Waals surface area contributed by atoms with Crippen LogP contribution < -0.4 is 5.32 Å². The van der Waals surface area contributed by atoms with Crippen LogP contribution >= 0.6 is 34.0 Å². The maximum atomic E-state index is 12.4. The van der Waals surface area contributed by atoms with Gasteiger partial charge < -0.3 is 5.32 Å². The van der Waals surface area contributed by atoms with Crippen molar-refractivity contribution in [3.63, 3.8) is 0 Å². The summed E-state index contributed by atoms with van der Waals surface area (Å²) >= 11 is 4.41. The first-order valence-electron chi connectivity index (χ1n) is 8.61. The van der Waals surface area contributed by atoms with Gasteiger partial charge in [-0.05, 0) is 23.6 Å². The average Bonchev–Trinajstić information content (AvgIpc) is 3.52. The molecule has 3 aromatic heterocycles. The maximum absolute atomic E-state index is 12.4. The van der Waals surface area contributed by atoms with E-state index < -0.39 is 0 Å². The third-order valence-corrected chi connectivity index (χ3v) is 7.04. The van der Waals surface area contributed by atoms with Gasteiger partial charge in [0.15, 0.2) is 5.01 Å². The Morgan fingerprint density at radius 2 is 1.59 bits per heavy atom. The van der Waals surface area contributed by atoms with Crippen molar-refractivity contribution in [2.75, 3.05) is 11.9 Å². The first kappa shape index (κ1) is 18.0. The highest BCUT2D eigenvalue weighted by molar-refractivity contribution is 7.23. The second-order valence-corrected chi connectivity index (χ2v) is 9.06. The monoisotopic (exact) mass is 440 g/mol.